The number of H-pyrrole nitrogens is 1. The van der Waals surface area contributed by atoms with Crippen molar-refractivity contribution in [3.63, 3.8) is 0 Å². The summed E-state index contributed by atoms with van der Waals surface area (Å²) in [6, 6.07) is 6.00. The van der Waals surface area contributed by atoms with Gasteiger partial charge in [-0.3, -0.25) is 5.10 Å². The fraction of sp³-hybridized carbons (Fsp3) is 0.435. The van der Waals surface area contributed by atoms with E-state index in [4.69, 9.17) is 0 Å². The van der Waals surface area contributed by atoms with Gasteiger partial charge in [-0.2, -0.15) is 5.10 Å². The molecule has 0 amide bonds. The van der Waals surface area contributed by atoms with E-state index in [1.165, 1.54) is 5.57 Å². The van der Waals surface area contributed by atoms with Gasteiger partial charge in [-0.05, 0) is 37.1 Å². The SMILES string of the molecule is CC.CCC1=CC(c2ccc(-c3cn[nH]c3)cc2O)=NN=C(N2CCNC[C@H]2C)C1. The lowest BCUT2D eigenvalue weighted by atomic mass is 9.99. The first-order chi connectivity index (χ1) is 14.7. The topological polar surface area (TPSA) is 88.9 Å². The van der Waals surface area contributed by atoms with E-state index >= 15 is 0 Å². The van der Waals surface area contributed by atoms with Gasteiger partial charge in [-0.15, -0.1) is 10.2 Å². The molecular weight excluding hydrogens is 376 g/mol. The number of aromatic hydroxyl groups is 1. The van der Waals surface area contributed by atoms with Crippen molar-refractivity contribution in [2.45, 2.75) is 46.6 Å². The Morgan fingerprint density at radius 3 is 2.70 bits per heavy atom. The minimum absolute atomic E-state index is 0.193. The maximum absolute atomic E-state index is 10.6. The molecule has 1 atom stereocenters. The molecule has 0 aliphatic carbocycles. The first-order valence-electron chi connectivity index (χ1n) is 10.8. The number of piperazine rings is 1. The molecule has 0 radical (unpaired) electrons. The van der Waals surface area contributed by atoms with Crippen molar-refractivity contribution in [1.82, 2.24) is 20.4 Å². The zero-order chi connectivity index (χ0) is 21.5. The van der Waals surface area contributed by atoms with Crippen LogP contribution in [0.3, 0.4) is 0 Å². The second-order valence-corrected chi connectivity index (χ2v) is 7.30. The van der Waals surface area contributed by atoms with E-state index in [0.29, 0.717) is 17.3 Å². The summed E-state index contributed by atoms with van der Waals surface area (Å²) < 4.78 is 0. The Kier molecular flexibility index (Phi) is 7.41. The van der Waals surface area contributed by atoms with Crippen molar-refractivity contribution in [3.05, 3.63) is 47.8 Å². The van der Waals surface area contributed by atoms with Crippen LogP contribution in [0, 0.1) is 0 Å². The van der Waals surface area contributed by atoms with Crippen LogP contribution in [0.4, 0.5) is 0 Å². The van der Waals surface area contributed by atoms with E-state index in [0.717, 1.165) is 49.4 Å². The van der Waals surface area contributed by atoms with Crippen molar-refractivity contribution in [2.75, 3.05) is 19.6 Å². The van der Waals surface area contributed by atoms with Gasteiger partial charge in [0, 0.05) is 49.4 Å². The molecule has 7 heteroatoms. The molecule has 7 nitrogen and oxygen atoms in total. The lowest BCUT2D eigenvalue weighted by Crippen LogP contribution is -2.52. The first kappa shape index (κ1) is 21.8. The maximum atomic E-state index is 10.6. The highest BCUT2D eigenvalue weighted by atomic mass is 16.3. The van der Waals surface area contributed by atoms with E-state index in [-0.39, 0.29) is 5.75 Å². The number of rotatable bonds is 3. The van der Waals surface area contributed by atoms with Gasteiger partial charge in [0.15, 0.2) is 0 Å². The van der Waals surface area contributed by atoms with Gasteiger partial charge in [0.25, 0.3) is 0 Å². The third kappa shape index (κ3) is 4.79. The Bertz CT molecular complexity index is 929. The van der Waals surface area contributed by atoms with E-state index in [9.17, 15) is 5.11 Å². The molecule has 1 saturated heterocycles. The van der Waals surface area contributed by atoms with Crippen LogP contribution >= 0.6 is 0 Å². The van der Waals surface area contributed by atoms with Crippen molar-refractivity contribution in [3.8, 4) is 16.9 Å². The number of nitrogens with one attached hydrogen (secondary N) is 2. The van der Waals surface area contributed by atoms with Gasteiger partial charge in [-0.1, -0.05) is 32.4 Å². The molecule has 4 rings (SSSR count). The largest absolute Gasteiger partial charge is 0.507 e. The van der Waals surface area contributed by atoms with Gasteiger partial charge in [0.1, 0.15) is 11.6 Å². The molecule has 3 N–H and O–H groups in total. The summed E-state index contributed by atoms with van der Waals surface area (Å²) in [5.74, 6) is 1.20. The minimum atomic E-state index is 0.193. The normalized spacial score (nSPS) is 19.1. The van der Waals surface area contributed by atoms with Crippen molar-refractivity contribution < 1.29 is 5.11 Å². The lowest BCUT2D eigenvalue weighted by Gasteiger charge is -2.36. The van der Waals surface area contributed by atoms with E-state index in [2.05, 4.69) is 50.5 Å². The molecule has 0 bridgehead atoms. The van der Waals surface area contributed by atoms with Crippen molar-refractivity contribution in [1.29, 1.82) is 0 Å². The van der Waals surface area contributed by atoms with Crippen LogP contribution in [0.5, 0.6) is 5.75 Å². The summed E-state index contributed by atoms with van der Waals surface area (Å²) in [6.07, 6.45) is 7.32. The average Bonchev–Trinajstić information content (AvgIpc) is 3.23. The Morgan fingerprint density at radius 1 is 1.20 bits per heavy atom. The van der Waals surface area contributed by atoms with Crippen LogP contribution in [0.25, 0.3) is 11.1 Å². The number of hydrogen-bond donors (Lipinski definition) is 3. The Hall–Kier alpha value is -2.93. The number of nitrogens with zero attached hydrogens (tertiary/aromatic N) is 4. The summed E-state index contributed by atoms with van der Waals surface area (Å²) >= 11 is 0. The first-order valence-corrected chi connectivity index (χ1v) is 10.8. The highest BCUT2D eigenvalue weighted by molar-refractivity contribution is 6.12. The van der Waals surface area contributed by atoms with Crippen LogP contribution in [0.1, 0.15) is 46.1 Å². The van der Waals surface area contributed by atoms with Gasteiger partial charge >= 0.3 is 0 Å². The number of amidine groups is 1. The molecule has 0 saturated carbocycles. The molecular formula is C23H32N6O. The Morgan fingerprint density at radius 2 is 2.03 bits per heavy atom. The summed E-state index contributed by atoms with van der Waals surface area (Å²) in [5.41, 5.74) is 4.49. The summed E-state index contributed by atoms with van der Waals surface area (Å²) in [6.45, 7) is 11.2. The van der Waals surface area contributed by atoms with Gasteiger partial charge in [0.2, 0.25) is 0 Å². The van der Waals surface area contributed by atoms with Gasteiger partial charge in [0.05, 0.1) is 11.9 Å². The molecule has 2 aliphatic rings. The second kappa shape index (κ2) is 10.2. The van der Waals surface area contributed by atoms with Crippen LogP contribution < -0.4 is 5.32 Å². The highest BCUT2D eigenvalue weighted by Crippen LogP contribution is 2.28. The van der Waals surface area contributed by atoms with Gasteiger partial charge in [-0.25, -0.2) is 0 Å². The van der Waals surface area contributed by atoms with Crippen LogP contribution in [0.15, 0.2) is 52.4 Å². The summed E-state index contributed by atoms with van der Waals surface area (Å²) in [4.78, 5) is 2.34. The number of allylic oxidation sites excluding steroid dienone is 1. The number of benzene rings is 1. The monoisotopic (exact) mass is 408 g/mol. The Balaban J connectivity index is 0.00000124. The minimum Gasteiger partial charge on any atom is -0.507 e. The van der Waals surface area contributed by atoms with E-state index < -0.39 is 0 Å². The lowest BCUT2D eigenvalue weighted by molar-refractivity contribution is 0.270. The number of hydrogen-bond acceptors (Lipinski definition) is 6. The second-order valence-electron chi connectivity index (χ2n) is 7.30. The zero-order valence-electron chi connectivity index (χ0n) is 18.3. The van der Waals surface area contributed by atoms with Crippen LogP contribution in [-0.2, 0) is 0 Å². The smallest absolute Gasteiger partial charge is 0.132 e. The number of phenols is 1. The predicted octanol–water partition coefficient (Wildman–Crippen LogP) is 3.94. The fourth-order valence-corrected chi connectivity index (χ4v) is 3.70. The highest BCUT2D eigenvalue weighted by Gasteiger charge is 2.23. The van der Waals surface area contributed by atoms with Crippen molar-refractivity contribution >= 4 is 11.5 Å². The van der Waals surface area contributed by atoms with E-state index in [1.807, 2.05) is 26.0 Å². The average molecular weight is 409 g/mol. The van der Waals surface area contributed by atoms with Crippen LogP contribution in [-0.4, -0.2) is 57.4 Å². The quantitative estimate of drug-likeness (QED) is 0.718. The number of aromatic nitrogens is 2. The molecule has 1 aromatic heterocycles. The molecule has 1 aromatic carbocycles. The molecule has 0 spiro atoms. The molecule has 2 aliphatic heterocycles. The molecule has 160 valence electrons. The molecule has 1 fully saturated rings. The zero-order valence-corrected chi connectivity index (χ0v) is 18.3. The number of phenolic OH excluding ortho intramolecular Hbond substituents is 1. The summed E-state index contributed by atoms with van der Waals surface area (Å²) in [5, 5.41) is 29.9. The standard InChI is InChI=1S/C21H26N6O.C2H6/c1-3-15-8-19(25-26-21(9-15)27-7-6-22-11-14(27)2)18-5-4-16(10-20(18)28)17-12-23-24-13-17;1-2/h4-5,8,10,12-14,22,28H,3,6-7,9,11H2,1-2H3,(H,23,24);1-2H3/t14-;/m1./s1. The molecule has 3 heterocycles. The fourth-order valence-electron chi connectivity index (χ4n) is 3.70. The Labute approximate surface area is 178 Å². The third-order valence-corrected chi connectivity index (χ3v) is 5.39. The molecule has 30 heavy (non-hydrogen) atoms. The number of aromatic amines is 1. The van der Waals surface area contributed by atoms with Crippen molar-refractivity contribution in [2.24, 2.45) is 10.2 Å². The third-order valence-electron chi connectivity index (χ3n) is 5.39. The van der Waals surface area contributed by atoms with Crippen LogP contribution in [0.2, 0.25) is 0 Å². The summed E-state index contributed by atoms with van der Waals surface area (Å²) in [7, 11) is 0. The maximum Gasteiger partial charge on any atom is 0.132 e. The molecule has 0 unspecified atom stereocenters. The predicted molar refractivity (Wildman–Crippen MR) is 123 cm³/mol. The molecule has 2 aromatic rings. The van der Waals surface area contributed by atoms with E-state index in [1.54, 1.807) is 18.5 Å². The van der Waals surface area contributed by atoms with Gasteiger partial charge < -0.3 is 15.3 Å².